The molecule has 2 N–H and O–H groups in total. The molecule has 3 rings (SSSR count). The second-order valence-corrected chi connectivity index (χ2v) is 8.48. The van der Waals surface area contributed by atoms with Crippen molar-refractivity contribution in [3.05, 3.63) is 66.5 Å². The summed E-state index contributed by atoms with van der Waals surface area (Å²) in [7, 11) is -2.26. The number of nitrogens with one attached hydrogen (secondary N) is 2. The molecule has 0 spiro atoms. The molecule has 30 heavy (non-hydrogen) atoms. The van der Waals surface area contributed by atoms with E-state index in [-0.39, 0.29) is 5.82 Å². The predicted molar refractivity (Wildman–Crippen MR) is 110 cm³/mol. The fourth-order valence-electron chi connectivity index (χ4n) is 2.47. The van der Waals surface area contributed by atoms with E-state index in [0.29, 0.717) is 11.5 Å². The van der Waals surface area contributed by atoms with Crippen LogP contribution in [0, 0.1) is 0 Å². The van der Waals surface area contributed by atoms with Crippen LogP contribution in [0.1, 0.15) is 10.6 Å². The Labute approximate surface area is 173 Å². The molecule has 1 heterocycles. The molecular formula is C19H20N6O4S. The molecule has 0 saturated heterocycles. The molecule has 2 aromatic carbocycles. The van der Waals surface area contributed by atoms with Gasteiger partial charge in [-0.05, 0) is 12.1 Å². The van der Waals surface area contributed by atoms with Crippen LogP contribution >= 0.6 is 0 Å². The SMILES string of the molecule is CN(CC(=O)NNC(=O)c1nc(-c2ccccc2)n(-c2ccccc2)n1)S(C)(=O)=O. The molecule has 0 saturated carbocycles. The summed E-state index contributed by atoms with van der Waals surface area (Å²) in [6, 6.07) is 18.4. The van der Waals surface area contributed by atoms with Crippen LogP contribution in [0.3, 0.4) is 0 Å². The number of sulfonamides is 1. The zero-order valence-corrected chi connectivity index (χ0v) is 17.1. The molecule has 0 atom stereocenters. The molecule has 10 nitrogen and oxygen atoms in total. The normalized spacial score (nSPS) is 11.3. The van der Waals surface area contributed by atoms with Crippen LogP contribution in [-0.4, -0.2) is 59.2 Å². The fraction of sp³-hybridized carbons (Fsp3) is 0.158. The number of para-hydroxylation sites is 1. The Kier molecular flexibility index (Phi) is 6.23. The Morgan fingerprint density at radius 2 is 1.60 bits per heavy atom. The van der Waals surface area contributed by atoms with Gasteiger partial charge >= 0.3 is 5.91 Å². The van der Waals surface area contributed by atoms with Crippen molar-refractivity contribution in [2.75, 3.05) is 19.8 Å². The number of carbonyl (C=O) groups is 2. The van der Waals surface area contributed by atoms with E-state index in [1.165, 1.54) is 11.7 Å². The summed E-state index contributed by atoms with van der Waals surface area (Å²) >= 11 is 0. The number of amides is 2. The van der Waals surface area contributed by atoms with Gasteiger partial charge in [-0.25, -0.2) is 18.1 Å². The van der Waals surface area contributed by atoms with Gasteiger partial charge in [0.25, 0.3) is 5.91 Å². The zero-order chi connectivity index (χ0) is 21.7. The number of nitrogens with zero attached hydrogens (tertiary/aromatic N) is 4. The van der Waals surface area contributed by atoms with E-state index in [9.17, 15) is 18.0 Å². The third-order valence-electron chi connectivity index (χ3n) is 4.09. The Hall–Kier alpha value is -3.57. The Morgan fingerprint density at radius 3 is 2.20 bits per heavy atom. The summed E-state index contributed by atoms with van der Waals surface area (Å²) in [6.07, 6.45) is 0.976. The summed E-state index contributed by atoms with van der Waals surface area (Å²) in [6.45, 7) is -0.444. The number of rotatable bonds is 6. The molecule has 0 aliphatic carbocycles. The highest BCUT2D eigenvalue weighted by atomic mass is 32.2. The average molecular weight is 428 g/mol. The van der Waals surface area contributed by atoms with Crippen LogP contribution in [0.5, 0.6) is 0 Å². The molecule has 156 valence electrons. The third kappa shape index (κ3) is 5.07. The van der Waals surface area contributed by atoms with Gasteiger partial charge in [0, 0.05) is 12.6 Å². The number of hydrogen-bond acceptors (Lipinski definition) is 6. The van der Waals surface area contributed by atoms with Crippen LogP contribution in [0.25, 0.3) is 17.1 Å². The number of likely N-dealkylation sites (N-methyl/N-ethyl adjacent to an activating group) is 1. The summed E-state index contributed by atoms with van der Waals surface area (Å²) in [4.78, 5) is 28.7. The summed E-state index contributed by atoms with van der Waals surface area (Å²) < 4.78 is 25.1. The highest BCUT2D eigenvalue weighted by molar-refractivity contribution is 7.88. The number of benzene rings is 2. The summed E-state index contributed by atoms with van der Waals surface area (Å²) in [5.41, 5.74) is 5.83. The van der Waals surface area contributed by atoms with Crippen LogP contribution in [0.2, 0.25) is 0 Å². The van der Waals surface area contributed by atoms with Gasteiger partial charge in [-0.15, -0.1) is 5.10 Å². The van der Waals surface area contributed by atoms with E-state index in [1.807, 2.05) is 60.7 Å². The maximum absolute atomic E-state index is 12.5. The van der Waals surface area contributed by atoms with Crippen LogP contribution in [0.4, 0.5) is 0 Å². The number of hydrazine groups is 1. The summed E-state index contributed by atoms with van der Waals surface area (Å²) in [5, 5.41) is 4.27. The standard InChI is InChI=1S/C19H20N6O4S/c1-24(30(2,28)29)13-16(26)21-22-19(27)17-20-18(14-9-5-3-6-10-14)25(23-17)15-11-7-4-8-12-15/h3-12H,13H2,1-2H3,(H,21,26)(H,22,27). The van der Waals surface area contributed by atoms with Crippen molar-refractivity contribution in [3.63, 3.8) is 0 Å². The summed E-state index contributed by atoms with van der Waals surface area (Å²) in [5.74, 6) is -1.15. The van der Waals surface area contributed by atoms with E-state index >= 15 is 0 Å². The first kappa shape index (κ1) is 21.1. The highest BCUT2D eigenvalue weighted by Crippen LogP contribution is 2.20. The quantitative estimate of drug-likeness (QED) is 0.553. The van der Waals surface area contributed by atoms with Crippen molar-refractivity contribution < 1.29 is 18.0 Å². The largest absolute Gasteiger partial charge is 0.309 e. The lowest BCUT2D eigenvalue weighted by Gasteiger charge is -2.13. The third-order valence-corrected chi connectivity index (χ3v) is 5.35. The minimum Gasteiger partial charge on any atom is -0.272 e. The molecule has 0 unspecified atom stereocenters. The minimum atomic E-state index is -3.52. The number of carbonyl (C=O) groups excluding carboxylic acids is 2. The molecule has 0 aliphatic heterocycles. The minimum absolute atomic E-state index is 0.158. The van der Waals surface area contributed by atoms with Crippen molar-refractivity contribution in [3.8, 4) is 17.1 Å². The van der Waals surface area contributed by atoms with E-state index in [1.54, 1.807) is 0 Å². The van der Waals surface area contributed by atoms with E-state index in [4.69, 9.17) is 0 Å². The first-order valence-electron chi connectivity index (χ1n) is 8.84. The number of hydrogen-bond donors (Lipinski definition) is 2. The maximum atomic E-state index is 12.5. The second kappa shape index (κ2) is 8.84. The second-order valence-electron chi connectivity index (χ2n) is 6.39. The zero-order valence-electron chi connectivity index (χ0n) is 16.3. The topological polar surface area (TPSA) is 126 Å². The average Bonchev–Trinajstić information content (AvgIpc) is 3.18. The van der Waals surface area contributed by atoms with E-state index in [2.05, 4.69) is 20.9 Å². The monoisotopic (exact) mass is 428 g/mol. The van der Waals surface area contributed by atoms with Crippen molar-refractivity contribution >= 4 is 21.8 Å². The lowest BCUT2D eigenvalue weighted by molar-refractivity contribution is -0.121. The van der Waals surface area contributed by atoms with Crippen LogP contribution in [-0.2, 0) is 14.8 Å². The van der Waals surface area contributed by atoms with Gasteiger partial charge < -0.3 is 0 Å². The van der Waals surface area contributed by atoms with Crippen molar-refractivity contribution in [1.82, 2.24) is 29.9 Å². The van der Waals surface area contributed by atoms with E-state index in [0.717, 1.165) is 16.1 Å². The lowest BCUT2D eigenvalue weighted by atomic mass is 10.2. The van der Waals surface area contributed by atoms with Crippen LogP contribution in [0.15, 0.2) is 60.7 Å². The van der Waals surface area contributed by atoms with Gasteiger partial charge in [-0.3, -0.25) is 20.4 Å². The molecule has 1 aromatic heterocycles. The molecule has 0 fully saturated rings. The van der Waals surface area contributed by atoms with Gasteiger partial charge in [0.15, 0.2) is 5.82 Å². The highest BCUT2D eigenvalue weighted by Gasteiger charge is 2.20. The Balaban J connectivity index is 1.80. The van der Waals surface area contributed by atoms with Gasteiger partial charge in [-0.2, -0.15) is 4.31 Å². The van der Waals surface area contributed by atoms with Crippen molar-refractivity contribution in [2.45, 2.75) is 0 Å². The molecular weight excluding hydrogens is 408 g/mol. The first-order valence-corrected chi connectivity index (χ1v) is 10.7. The van der Waals surface area contributed by atoms with Gasteiger partial charge in [0.1, 0.15) is 0 Å². The molecule has 11 heteroatoms. The fourth-order valence-corrected chi connectivity index (χ4v) is 2.82. The van der Waals surface area contributed by atoms with Crippen molar-refractivity contribution in [1.29, 1.82) is 0 Å². The van der Waals surface area contributed by atoms with Gasteiger partial charge in [0.2, 0.25) is 15.8 Å². The molecule has 0 bridgehead atoms. The lowest BCUT2D eigenvalue weighted by Crippen LogP contribution is -2.46. The van der Waals surface area contributed by atoms with E-state index < -0.39 is 28.4 Å². The van der Waals surface area contributed by atoms with Crippen molar-refractivity contribution in [2.24, 2.45) is 0 Å². The molecule has 2 amide bonds. The predicted octanol–water partition coefficient (Wildman–Crippen LogP) is 0.587. The van der Waals surface area contributed by atoms with Gasteiger partial charge in [0.05, 0.1) is 18.5 Å². The van der Waals surface area contributed by atoms with Gasteiger partial charge in [-0.1, -0.05) is 48.5 Å². The Morgan fingerprint density at radius 1 is 1.00 bits per heavy atom. The molecule has 0 aliphatic rings. The van der Waals surface area contributed by atoms with Crippen LogP contribution < -0.4 is 10.9 Å². The smallest absolute Gasteiger partial charge is 0.272 e. The molecule has 3 aromatic rings. The first-order chi connectivity index (χ1) is 14.3. The number of aromatic nitrogens is 3. The molecule has 0 radical (unpaired) electrons. The maximum Gasteiger partial charge on any atom is 0.309 e. The Bertz CT molecular complexity index is 1090.